The van der Waals surface area contributed by atoms with Gasteiger partial charge in [-0.05, 0) is 43.7 Å². The predicted octanol–water partition coefficient (Wildman–Crippen LogP) is 2.13. The fraction of sp³-hybridized carbons (Fsp3) is 0.783. The highest BCUT2D eigenvalue weighted by molar-refractivity contribution is 7.89. The van der Waals surface area contributed by atoms with Crippen LogP contribution < -0.4 is 0 Å². The first-order valence-corrected chi connectivity index (χ1v) is 13.4. The fourth-order valence-corrected chi connectivity index (χ4v) is 8.90. The highest BCUT2D eigenvalue weighted by Crippen LogP contribution is 2.54. The van der Waals surface area contributed by atoms with Gasteiger partial charge in [0.15, 0.2) is 0 Å². The van der Waals surface area contributed by atoms with Crippen LogP contribution in [0, 0.1) is 30.6 Å². The Morgan fingerprint density at radius 1 is 1.06 bits per heavy atom. The summed E-state index contributed by atoms with van der Waals surface area (Å²) in [4.78, 5) is 8.50. The second kappa shape index (κ2) is 7.38. The van der Waals surface area contributed by atoms with Gasteiger partial charge in [-0.15, -0.1) is 0 Å². The maximum Gasteiger partial charge on any atom is 0.433 e. The van der Waals surface area contributed by atoms with Gasteiger partial charge in [-0.1, -0.05) is 0 Å². The number of halogens is 3. The molecule has 0 aromatic carbocycles. The van der Waals surface area contributed by atoms with E-state index in [1.54, 1.807) is 0 Å². The molecular formula is C23H31F3N4O3S. The van der Waals surface area contributed by atoms with Crippen molar-refractivity contribution >= 4 is 10.0 Å². The number of rotatable bonds is 5. The van der Waals surface area contributed by atoms with Crippen LogP contribution in [0.25, 0.3) is 0 Å². The predicted molar refractivity (Wildman–Crippen MR) is 118 cm³/mol. The van der Waals surface area contributed by atoms with Gasteiger partial charge in [0.25, 0.3) is 0 Å². The smallest absolute Gasteiger partial charge is 0.381 e. The van der Waals surface area contributed by atoms with E-state index < -0.39 is 21.9 Å². The third-order valence-electron chi connectivity index (χ3n) is 8.51. The number of pyridine rings is 1. The molecule has 5 aliphatic rings. The standard InChI is InChI=1S/C23H31F3N4O3S/c1-15-3-19(23(24,25)26)27-16(2)20(15)34(31,32)30-13-22(14-30)11-29(12-22)18-4-21(5-18)9-28(10-21)6-17-7-33-8-17/h3,17-18H,4-14H2,1-2H3. The van der Waals surface area contributed by atoms with Gasteiger partial charge < -0.3 is 9.64 Å². The average molecular weight is 501 g/mol. The third-order valence-corrected chi connectivity index (χ3v) is 10.6. The molecule has 2 spiro atoms. The fourth-order valence-electron chi connectivity index (χ4n) is 6.87. The summed E-state index contributed by atoms with van der Waals surface area (Å²) in [6, 6.07) is 1.43. The first-order valence-electron chi connectivity index (χ1n) is 12.0. The molecule has 1 aliphatic carbocycles. The zero-order chi connectivity index (χ0) is 24.1. The van der Waals surface area contributed by atoms with Gasteiger partial charge in [0.2, 0.25) is 10.0 Å². The van der Waals surface area contributed by atoms with Crippen molar-refractivity contribution in [2.24, 2.45) is 16.7 Å². The SMILES string of the molecule is Cc1cc(C(F)(F)F)nc(C)c1S(=O)(=O)N1CC2(CN(C3CC4(C3)CN(CC3COC3)C4)C2)C1. The van der Waals surface area contributed by atoms with Gasteiger partial charge in [0.05, 0.1) is 18.9 Å². The van der Waals surface area contributed by atoms with E-state index in [0.29, 0.717) is 30.5 Å². The molecule has 0 atom stereocenters. The number of ether oxygens (including phenoxy) is 1. The summed E-state index contributed by atoms with van der Waals surface area (Å²) in [5.41, 5.74) is -0.566. The normalized spacial score (nSPS) is 27.7. The molecule has 4 saturated heterocycles. The van der Waals surface area contributed by atoms with Crippen LogP contribution in [-0.2, 0) is 20.9 Å². The molecule has 5 heterocycles. The lowest BCUT2D eigenvalue weighted by Crippen LogP contribution is -2.77. The minimum atomic E-state index is -4.60. The van der Waals surface area contributed by atoms with Crippen LogP contribution in [-0.4, -0.2) is 92.6 Å². The molecule has 34 heavy (non-hydrogen) atoms. The van der Waals surface area contributed by atoms with Gasteiger partial charge in [0, 0.05) is 63.2 Å². The molecule has 0 radical (unpaired) electrons. The number of hydrogen-bond donors (Lipinski definition) is 0. The topological polar surface area (TPSA) is 66.0 Å². The van der Waals surface area contributed by atoms with E-state index in [0.717, 1.165) is 38.9 Å². The van der Waals surface area contributed by atoms with E-state index in [9.17, 15) is 21.6 Å². The van der Waals surface area contributed by atoms with Crippen molar-refractivity contribution in [2.75, 3.05) is 59.0 Å². The molecular weight excluding hydrogens is 469 g/mol. The van der Waals surface area contributed by atoms with E-state index in [1.807, 2.05) is 0 Å². The van der Waals surface area contributed by atoms with Crippen molar-refractivity contribution < 1.29 is 26.3 Å². The van der Waals surface area contributed by atoms with Gasteiger partial charge in [-0.25, -0.2) is 13.4 Å². The summed E-state index contributed by atoms with van der Waals surface area (Å²) in [6.45, 7) is 10.8. The molecule has 4 aliphatic heterocycles. The van der Waals surface area contributed by atoms with E-state index in [1.165, 1.54) is 44.1 Å². The molecule has 6 rings (SSSR count). The molecule has 7 nitrogen and oxygen atoms in total. The van der Waals surface area contributed by atoms with Crippen molar-refractivity contribution in [1.29, 1.82) is 0 Å². The molecule has 188 valence electrons. The monoisotopic (exact) mass is 500 g/mol. The Labute approximate surface area is 198 Å². The average Bonchev–Trinajstić information content (AvgIpc) is 2.54. The maximum atomic E-state index is 13.2. The Morgan fingerprint density at radius 2 is 1.71 bits per heavy atom. The second-order valence-corrected chi connectivity index (χ2v) is 13.4. The molecule has 0 N–H and O–H groups in total. The van der Waals surface area contributed by atoms with E-state index >= 15 is 0 Å². The number of sulfonamides is 1. The maximum absolute atomic E-state index is 13.2. The third kappa shape index (κ3) is 3.61. The van der Waals surface area contributed by atoms with Crippen LogP contribution >= 0.6 is 0 Å². The van der Waals surface area contributed by atoms with Gasteiger partial charge in [-0.2, -0.15) is 17.5 Å². The largest absolute Gasteiger partial charge is 0.433 e. The first-order chi connectivity index (χ1) is 15.9. The summed E-state index contributed by atoms with van der Waals surface area (Å²) in [7, 11) is -3.86. The highest BCUT2D eigenvalue weighted by atomic mass is 32.2. The molecule has 1 aromatic rings. The lowest BCUT2D eigenvalue weighted by atomic mass is 9.58. The van der Waals surface area contributed by atoms with Crippen molar-refractivity contribution in [3.05, 3.63) is 23.0 Å². The molecule has 1 saturated carbocycles. The summed E-state index contributed by atoms with van der Waals surface area (Å²) in [5.74, 6) is 0.715. The Hall–Kier alpha value is -1.27. The van der Waals surface area contributed by atoms with E-state index in [2.05, 4.69) is 14.8 Å². The van der Waals surface area contributed by atoms with Gasteiger partial charge in [-0.3, -0.25) is 4.90 Å². The van der Waals surface area contributed by atoms with Crippen LogP contribution in [0.5, 0.6) is 0 Å². The number of aromatic nitrogens is 1. The Morgan fingerprint density at radius 3 is 2.24 bits per heavy atom. The zero-order valence-electron chi connectivity index (χ0n) is 19.6. The Bertz CT molecular complexity index is 1070. The molecule has 0 bridgehead atoms. The van der Waals surface area contributed by atoms with Crippen LogP contribution in [0.2, 0.25) is 0 Å². The highest BCUT2D eigenvalue weighted by Gasteiger charge is 2.61. The van der Waals surface area contributed by atoms with E-state index in [-0.39, 0.29) is 21.6 Å². The van der Waals surface area contributed by atoms with Crippen LogP contribution in [0.3, 0.4) is 0 Å². The quantitative estimate of drug-likeness (QED) is 0.617. The van der Waals surface area contributed by atoms with Gasteiger partial charge >= 0.3 is 6.18 Å². The van der Waals surface area contributed by atoms with Gasteiger partial charge in [0.1, 0.15) is 10.6 Å². The van der Waals surface area contributed by atoms with Crippen LogP contribution in [0.4, 0.5) is 13.2 Å². The molecule has 5 fully saturated rings. The first kappa shape index (κ1) is 23.1. The Kier molecular flexibility index (Phi) is 5.02. The Balaban J connectivity index is 1.01. The minimum absolute atomic E-state index is 0.00710. The van der Waals surface area contributed by atoms with Crippen molar-refractivity contribution in [3.63, 3.8) is 0 Å². The number of likely N-dealkylation sites (tertiary alicyclic amines) is 2. The molecule has 0 amide bonds. The lowest BCUT2D eigenvalue weighted by Gasteiger charge is -2.67. The zero-order valence-corrected chi connectivity index (χ0v) is 20.4. The summed E-state index contributed by atoms with van der Waals surface area (Å²) in [6.07, 6.45) is -2.13. The number of alkyl halides is 3. The summed E-state index contributed by atoms with van der Waals surface area (Å²) < 4.78 is 72.1. The summed E-state index contributed by atoms with van der Waals surface area (Å²) in [5, 5.41) is 0. The summed E-state index contributed by atoms with van der Waals surface area (Å²) >= 11 is 0. The molecule has 1 aromatic heterocycles. The van der Waals surface area contributed by atoms with Crippen molar-refractivity contribution in [3.8, 4) is 0 Å². The van der Waals surface area contributed by atoms with E-state index in [4.69, 9.17) is 4.74 Å². The number of hydrogen-bond acceptors (Lipinski definition) is 6. The number of nitrogens with zero attached hydrogens (tertiary/aromatic N) is 4. The van der Waals surface area contributed by atoms with Crippen LogP contribution in [0.15, 0.2) is 11.0 Å². The van der Waals surface area contributed by atoms with Crippen molar-refractivity contribution in [1.82, 2.24) is 19.1 Å². The second-order valence-electron chi connectivity index (χ2n) is 11.5. The molecule has 11 heteroatoms. The molecule has 0 unspecified atom stereocenters. The van der Waals surface area contributed by atoms with Crippen molar-refractivity contribution in [2.45, 2.75) is 43.8 Å². The van der Waals surface area contributed by atoms with Crippen LogP contribution in [0.1, 0.15) is 29.8 Å². The number of aryl methyl sites for hydroxylation is 2. The minimum Gasteiger partial charge on any atom is -0.381 e. The lowest BCUT2D eigenvalue weighted by molar-refractivity contribution is -0.176.